The number of benzene rings is 1. The van der Waals surface area contributed by atoms with Crippen LogP contribution >= 0.6 is 15.9 Å². The molecule has 2 N–H and O–H groups in total. The second kappa shape index (κ2) is 9.12. The van der Waals surface area contributed by atoms with Crippen LogP contribution in [0, 0.1) is 0 Å². The molecule has 0 heterocycles. The summed E-state index contributed by atoms with van der Waals surface area (Å²) in [7, 11) is 2.95. The molecule has 0 aliphatic carbocycles. The average Bonchev–Trinajstić information content (AvgIpc) is 2.53. The van der Waals surface area contributed by atoms with Gasteiger partial charge >= 0.3 is 0 Å². The van der Waals surface area contributed by atoms with Crippen LogP contribution in [0.25, 0.3) is 0 Å². The average molecular weight is 384 g/mol. The molecule has 0 radical (unpaired) electrons. The third-order valence-electron chi connectivity index (χ3n) is 3.01. The van der Waals surface area contributed by atoms with Gasteiger partial charge in [0.05, 0.1) is 32.1 Å². The standard InChI is InChI=1S/C14H20BrF2NO4/c1-21-13-3-11(15)12(4-14(13)22-2)18(7-9(19)5-16)8-10(20)6-17/h3-4,9-10,19-20H,5-8H2,1-2H3. The summed E-state index contributed by atoms with van der Waals surface area (Å²) >= 11 is 3.35. The molecule has 0 aromatic heterocycles. The number of ether oxygens (including phenoxy) is 2. The van der Waals surface area contributed by atoms with Gasteiger partial charge in [0, 0.05) is 29.7 Å². The third-order valence-corrected chi connectivity index (χ3v) is 3.65. The van der Waals surface area contributed by atoms with Crippen LogP contribution in [0.3, 0.4) is 0 Å². The van der Waals surface area contributed by atoms with E-state index in [1.54, 1.807) is 12.1 Å². The minimum Gasteiger partial charge on any atom is -0.493 e. The first-order chi connectivity index (χ1) is 10.5. The van der Waals surface area contributed by atoms with E-state index >= 15 is 0 Å². The third kappa shape index (κ3) is 4.96. The van der Waals surface area contributed by atoms with E-state index in [2.05, 4.69) is 15.9 Å². The van der Waals surface area contributed by atoms with Crippen molar-refractivity contribution in [3.63, 3.8) is 0 Å². The maximum atomic E-state index is 12.6. The van der Waals surface area contributed by atoms with Crippen molar-refractivity contribution in [1.82, 2.24) is 0 Å². The van der Waals surface area contributed by atoms with Crippen molar-refractivity contribution < 1.29 is 28.5 Å². The van der Waals surface area contributed by atoms with E-state index in [9.17, 15) is 19.0 Å². The SMILES string of the molecule is COc1cc(Br)c(N(CC(O)CF)CC(O)CF)cc1OC. The molecular weight excluding hydrogens is 364 g/mol. The second-order valence-electron chi connectivity index (χ2n) is 4.68. The molecule has 1 aromatic carbocycles. The molecule has 126 valence electrons. The summed E-state index contributed by atoms with van der Waals surface area (Å²) in [6.07, 6.45) is -2.49. The van der Waals surface area contributed by atoms with E-state index in [0.717, 1.165) is 0 Å². The first kappa shape index (κ1) is 18.9. The highest BCUT2D eigenvalue weighted by molar-refractivity contribution is 9.10. The number of methoxy groups -OCH3 is 2. The smallest absolute Gasteiger partial charge is 0.162 e. The van der Waals surface area contributed by atoms with Crippen LogP contribution in [0.5, 0.6) is 11.5 Å². The number of halogens is 3. The van der Waals surface area contributed by atoms with Gasteiger partial charge in [-0.15, -0.1) is 0 Å². The molecule has 0 aliphatic heterocycles. The fourth-order valence-electron chi connectivity index (χ4n) is 1.96. The van der Waals surface area contributed by atoms with Crippen LogP contribution in [0.1, 0.15) is 0 Å². The maximum absolute atomic E-state index is 12.6. The molecule has 22 heavy (non-hydrogen) atoms. The molecule has 2 unspecified atom stereocenters. The lowest BCUT2D eigenvalue weighted by Gasteiger charge is -2.29. The fraction of sp³-hybridized carbons (Fsp3) is 0.571. The molecule has 8 heteroatoms. The molecule has 1 rings (SSSR count). The maximum Gasteiger partial charge on any atom is 0.162 e. The number of nitrogens with zero attached hydrogens (tertiary/aromatic N) is 1. The van der Waals surface area contributed by atoms with Crippen LogP contribution in [0.4, 0.5) is 14.5 Å². The number of rotatable bonds is 9. The van der Waals surface area contributed by atoms with E-state index < -0.39 is 25.6 Å². The topological polar surface area (TPSA) is 62.2 Å². The number of hydrogen-bond acceptors (Lipinski definition) is 5. The van der Waals surface area contributed by atoms with Crippen LogP contribution in [0.2, 0.25) is 0 Å². The highest BCUT2D eigenvalue weighted by atomic mass is 79.9. The summed E-state index contributed by atoms with van der Waals surface area (Å²) < 4.78 is 36.1. The molecule has 0 spiro atoms. The Hall–Kier alpha value is -1.12. The van der Waals surface area contributed by atoms with Gasteiger partial charge in [0.15, 0.2) is 11.5 Å². The van der Waals surface area contributed by atoms with Gasteiger partial charge in [-0.3, -0.25) is 0 Å². The molecule has 0 aliphatic rings. The molecule has 0 saturated heterocycles. The normalized spacial score (nSPS) is 13.6. The Balaban J connectivity index is 3.16. The zero-order valence-electron chi connectivity index (χ0n) is 12.4. The Kier molecular flexibility index (Phi) is 7.84. The summed E-state index contributed by atoms with van der Waals surface area (Å²) in [6.45, 7) is -2.07. The van der Waals surface area contributed by atoms with Crippen LogP contribution in [-0.4, -0.2) is 63.1 Å². The van der Waals surface area contributed by atoms with Gasteiger partial charge in [-0.25, -0.2) is 8.78 Å². The van der Waals surface area contributed by atoms with Crippen molar-refractivity contribution in [3.05, 3.63) is 16.6 Å². The summed E-state index contributed by atoms with van der Waals surface area (Å²) in [5, 5.41) is 19.1. The van der Waals surface area contributed by atoms with Gasteiger partial charge in [0.1, 0.15) is 13.3 Å². The summed E-state index contributed by atoms with van der Waals surface area (Å²) in [4.78, 5) is 1.49. The zero-order chi connectivity index (χ0) is 16.7. The number of hydrogen-bond donors (Lipinski definition) is 2. The Morgan fingerprint density at radius 2 is 1.50 bits per heavy atom. The summed E-state index contributed by atoms with van der Waals surface area (Å²) in [6, 6.07) is 3.25. The van der Waals surface area contributed by atoms with Crippen molar-refractivity contribution in [3.8, 4) is 11.5 Å². The Bertz CT molecular complexity index is 466. The van der Waals surface area contributed by atoms with Crippen molar-refractivity contribution >= 4 is 21.6 Å². The monoisotopic (exact) mass is 383 g/mol. The van der Waals surface area contributed by atoms with E-state index in [0.29, 0.717) is 21.7 Å². The van der Waals surface area contributed by atoms with E-state index in [1.165, 1.54) is 19.1 Å². The second-order valence-corrected chi connectivity index (χ2v) is 5.53. The van der Waals surface area contributed by atoms with Gasteiger partial charge in [-0.2, -0.15) is 0 Å². The lowest BCUT2D eigenvalue weighted by atomic mass is 10.2. The fourth-order valence-corrected chi connectivity index (χ4v) is 2.54. The molecule has 5 nitrogen and oxygen atoms in total. The van der Waals surface area contributed by atoms with Gasteiger partial charge < -0.3 is 24.6 Å². The molecule has 0 saturated carbocycles. The predicted octanol–water partition coefficient (Wildman–Crippen LogP) is 1.93. The molecule has 2 atom stereocenters. The molecule has 0 fully saturated rings. The zero-order valence-corrected chi connectivity index (χ0v) is 14.0. The Morgan fingerprint density at radius 3 is 1.91 bits per heavy atom. The summed E-state index contributed by atoms with van der Waals surface area (Å²) in [5.41, 5.74) is 0.526. The van der Waals surface area contributed by atoms with Crippen molar-refractivity contribution in [2.75, 3.05) is 45.6 Å². The van der Waals surface area contributed by atoms with Crippen LogP contribution < -0.4 is 14.4 Å². The first-order valence-corrected chi connectivity index (χ1v) is 7.40. The Labute approximate surface area is 136 Å². The van der Waals surface area contributed by atoms with E-state index in [4.69, 9.17) is 9.47 Å². The van der Waals surface area contributed by atoms with Gasteiger partial charge in [-0.05, 0) is 15.9 Å². The molecule has 0 bridgehead atoms. The highest BCUT2D eigenvalue weighted by Crippen LogP contribution is 2.38. The summed E-state index contributed by atoms with van der Waals surface area (Å²) in [5.74, 6) is 0.908. The minimum atomic E-state index is -1.24. The molecular formula is C14H20BrF2NO4. The number of alkyl halides is 2. The first-order valence-electron chi connectivity index (χ1n) is 6.61. The highest BCUT2D eigenvalue weighted by Gasteiger charge is 2.20. The van der Waals surface area contributed by atoms with E-state index in [-0.39, 0.29) is 13.1 Å². The van der Waals surface area contributed by atoms with Crippen LogP contribution in [0.15, 0.2) is 16.6 Å². The lowest BCUT2D eigenvalue weighted by Crippen LogP contribution is -2.39. The lowest BCUT2D eigenvalue weighted by molar-refractivity contribution is 0.125. The molecule has 0 amide bonds. The molecule has 1 aromatic rings. The number of anilines is 1. The Morgan fingerprint density at radius 1 is 1.05 bits per heavy atom. The largest absolute Gasteiger partial charge is 0.493 e. The van der Waals surface area contributed by atoms with Crippen molar-refractivity contribution in [1.29, 1.82) is 0 Å². The van der Waals surface area contributed by atoms with Crippen LogP contribution in [-0.2, 0) is 0 Å². The minimum absolute atomic E-state index is 0.0956. The predicted molar refractivity (Wildman–Crippen MR) is 83.4 cm³/mol. The quantitative estimate of drug-likeness (QED) is 0.682. The van der Waals surface area contributed by atoms with Crippen molar-refractivity contribution in [2.24, 2.45) is 0 Å². The number of aliphatic hydroxyl groups is 2. The van der Waals surface area contributed by atoms with Gasteiger partial charge in [0.2, 0.25) is 0 Å². The van der Waals surface area contributed by atoms with E-state index in [1.807, 2.05) is 0 Å². The van der Waals surface area contributed by atoms with Crippen molar-refractivity contribution in [2.45, 2.75) is 12.2 Å². The van der Waals surface area contributed by atoms with Gasteiger partial charge in [-0.1, -0.05) is 0 Å². The van der Waals surface area contributed by atoms with Gasteiger partial charge in [0.25, 0.3) is 0 Å². The number of aliphatic hydroxyl groups excluding tert-OH is 2.